The SMILES string of the molecule is c1ccc(-c2ccc(-c3ccc(N(c4ccc(-c5cccc6ccccc56)cc4)c4cccc(-c5cccc6c5sc5ccccc56)c4)cc3)cc2-c2ccccc2)cc1. The molecule has 0 unspecified atom stereocenters. The number of thiophene rings is 1. The van der Waals surface area contributed by atoms with Crippen LogP contribution in [0.1, 0.15) is 0 Å². The average molecular weight is 782 g/mol. The predicted octanol–water partition coefficient (Wildman–Crippen LogP) is 17.0. The van der Waals surface area contributed by atoms with Gasteiger partial charge >= 0.3 is 0 Å². The Hall–Kier alpha value is -7.52. The van der Waals surface area contributed by atoms with Crippen LogP contribution in [0.15, 0.2) is 237 Å². The van der Waals surface area contributed by atoms with Crippen LogP contribution >= 0.6 is 11.3 Å². The van der Waals surface area contributed by atoms with Gasteiger partial charge in [0.25, 0.3) is 0 Å². The Morgan fingerprint density at radius 1 is 0.267 bits per heavy atom. The third kappa shape index (κ3) is 6.54. The van der Waals surface area contributed by atoms with E-state index in [-0.39, 0.29) is 0 Å². The molecule has 1 nitrogen and oxygen atoms in total. The van der Waals surface area contributed by atoms with Gasteiger partial charge in [-0.05, 0) is 115 Å². The molecular weight excluding hydrogens is 743 g/mol. The van der Waals surface area contributed by atoms with Gasteiger partial charge in [0, 0.05) is 37.2 Å². The van der Waals surface area contributed by atoms with Crippen molar-refractivity contribution in [1.29, 1.82) is 0 Å². The highest BCUT2D eigenvalue weighted by atomic mass is 32.1. The zero-order valence-electron chi connectivity index (χ0n) is 32.9. The average Bonchev–Trinajstić information content (AvgIpc) is 3.72. The van der Waals surface area contributed by atoms with Gasteiger partial charge in [-0.2, -0.15) is 0 Å². The summed E-state index contributed by atoms with van der Waals surface area (Å²) >= 11 is 1.88. The number of hydrogen-bond acceptors (Lipinski definition) is 2. The molecule has 282 valence electrons. The fourth-order valence-electron chi connectivity index (χ4n) is 8.75. The summed E-state index contributed by atoms with van der Waals surface area (Å²) in [5.41, 5.74) is 15.4. The first-order chi connectivity index (χ1) is 29.7. The molecule has 0 fully saturated rings. The third-order valence-electron chi connectivity index (χ3n) is 11.7. The van der Waals surface area contributed by atoms with E-state index in [2.05, 4.69) is 241 Å². The molecule has 0 aliphatic rings. The summed E-state index contributed by atoms with van der Waals surface area (Å²) < 4.78 is 2.63. The summed E-state index contributed by atoms with van der Waals surface area (Å²) in [5.74, 6) is 0. The monoisotopic (exact) mass is 781 g/mol. The molecule has 0 saturated carbocycles. The molecule has 0 amide bonds. The molecule has 0 aliphatic heterocycles. The molecule has 10 aromatic carbocycles. The Bertz CT molecular complexity index is 3290. The molecule has 0 spiro atoms. The normalized spacial score (nSPS) is 11.3. The lowest BCUT2D eigenvalue weighted by Crippen LogP contribution is -2.10. The van der Waals surface area contributed by atoms with E-state index in [9.17, 15) is 0 Å². The predicted molar refractivity (Wildman–Crippen MR) is 259 cm³/mol. The maximum absolute atomic E-state index is 2.39. The van der Waals surface area contributed by atoms with Crippen molar-refractivity contribution in [2.45, 2.75) is 0 Å². The van der Waals surface area contributed by atoms with Crippen molar-refractivity contribution in [2.75, 3.05) is 4.90 Å². The van der Waals surface area contributed by atoms with E-state index in [0.29, 0.717) is 0 Å². The molecule has 1 heterocycles. The minimum atomic E-state index is 1.10. The van der Waals surface area contributed by atoms with Crippen molar-refractivity contribution in [3.63, 3.8) is 0 Å². The fourth-order valence-corrected chi connectivity index (χ4v) is 9.99. The van der Waals surface area contributed by atoms with Gasteiger partial charge in [-0.15, -0.1) is 11.3 Å². The molecule has 0 bridgehead atoms. The summed E-state index contributed by atoms with van der Waals surface area (Å²) in [6.07, 6.45) is 0. The van der Waals surface area contributed by atoms with E-state index in [1.54, 1.807) is 0 Å². The van der Waals surface area contributed by atoms with Gasteiger partial charge in [-0.3, -0.25) is 0 Å². The molecule has 11 aromatic rings. The smallest absolute Gasteiger partial charge is 0.0467 e. The quantitative estimate of drug-likeness (QED) is 0.148. The Kier molecular flexibility index (Phi) is 9.11. The second kappa shape index (κ2) is 15.3. The maximum Gasteiger partial charge on any atom is 0.0467 e. The first-order valence-corrected chi connectivity index (χ1v) is 21.3. The van der Waals surface area contributed by atoms with Crippen molar-refractivity contribution in [2.24, 2.45) is 0 Å². The minimum Gasteiger partial charge on any atom is -0.310 e. The van der Waals surface area contributed by atoms with Crippen LogP contribution in [0.25, 0.3) is 86.6 Å². The molecule has 0 atom stereocenters. The van der Waals surface area contributed by atoms with E-state index in [1.807, 2.05) is 11.3 Å². The first-order valence-electron chi connectivity index (χ1n) is 20.5. The highest BCUT2D eigenvalue weighted by Gasteiger charge is 2.17. The lowest BCUT2D eigenvalue weighted by molar-refractivity contribution is 1.28. The Morgan fingerprint density at radius 2 is 0.800 bits per heavy atom. The molecular formula is C58H39NS. The van der Waals surface area contributed by atoms with Crippen LogP contribution in [0.5, 0.6) is 0 Å². The van der Waals surface area contributed by atoms with Crippen LogP contribution in [-0.4, -0.2) is 0 Å². The standard InChI is InChI=1S/C58H39NS/c1-3-14-41(15-4-1)52-37-32-45(39-56(52)43-16-5-2-6-17-43)40-28-33-47(34-29-40)59(48-35-30-44(31-36-48)51-24-12-19-42-18-7-8-22-50(42)51)49-21-11-20-46(38-49)53-25-13-26-55-54-23-9-10-27-57(54)60-58(53)55/h1-39H. The number of rotatable bonds is 8. The van der Waals surface area contributed by atoms with Gasteiger partial charge in [0.15, 0.2) is 0 Å². The van der Waals surface area contributed by atoms with E-state index < -0.39 is 0 Å². The topological polar surface area (TPSA) is 3.24 Å². The molecule has 60 heavy (non-hydrogen) atoms. The second-order valence-corrected chi connectivity index (χ2v) is 16.3. The summed E-state index contributed by atoms with van der Waals surface area (Å²) in [7, 11) is 0. The van der Waals surface area contributed by atoms with E-state index in [0.717, 1.165) is 17.1 Å². The van der Waals surface area contributed by atoms with Gasteiger partial charge in [-0.1, -0.05) is 188 Å². The number of anilines is 3. The van der Waals surface area contributed by atoms with Gasteiger partial charge in [-0.25, -0.2) is 0 Å². The highest BCUT2D eigenvalue weighted by molar-refractivity contribution is 7.26. The minimum absolute atomic E-state index is 1.10. The number of hydrogen-bond donors (Lipinski definition) is 0. The molecule has 0 aliphatic carbocycles. The fraction of sp³-hybridized carbons (Fsp3) is 0. The van der Waals surface area contributed by atoms with Gasteiger partial charge < -0.3 is 4.90 Å². The van der Waals surface area contributed by atoms with Gasteiger partial charge in [0.1, 0.15) is 0 Å². The molecule has 11 rings (SSSR count). The van der Waals surface area contributed by atoms with Crippen molar-refractivity contribution in [1.82, 2.24) is 0 Å². The summed E-state index contributed by atoms with van der Waals surface area (Å²) in [6.45, 7) is 0. The highest BCUT2D eigenvalue weighted by Crippen LogP contribution is 2.43. The van der Waals surface area contributed by atoms with E-state index in [1.165, 1.54) is 86.6 Å². The molecule has 0 saturated heterocycles. The summed E-state index contributed by atoms with van der Waals surface area (Å²) in [5, 5.41) is 5.13. The summed E-state index contributed by atoms with van der Waals surface area (Å²) in [4.78, 5) is 2.39. The maximum atomic E-state index is 2.39. The number of nitrogens with zero attached hydrogens (tertiary/aromatic N) is 1. The van der Waals surface area contributed by atoms with Crippen LogP contribution in [0, 0.1) is 0 Å². The lowest BCUT2D eigenvalue weighted by Gasteiger charge is -2.26. The van der Waals surface area contributed by atoms with Gasteiger partial charge in [0.05, 0.1) is 0 Å². The molecule has 0 radical (unpaired) electrons. The largest absolute Gasteiger partial charge is 0.310 e. The zero-order valence-corrected chi connectivity index (χ0v) is 33.7. The second-order valence-electron chi connectivity index (χ2n) is 15.3. The third-order valence-corrected chi connectivity index (χ3v) is 12.9. The Labute approximate surface area is 354 Å². The number of fused-ring (bicyclic) bond motifs is 4. The zero-order chi connectivity index (χ0) is 39.8. The van der Waals surface area contributed by atoms with Crippen molar-refractivity contribution >= 4 is 59.3 Å². The van der Waals surface area contributed by atoms with E-state index >= 15 is 0 Å². The first kappa shape index (κ1) is 35.6. The van der Waals surface area contributed by atoms with Crippen LogP contribution in [0.2, 0.25) is 0 Å². The van der Waals surface area contributed by atoms with Crippen LogP contribution in [-0.2, 0) is 0 Å². The molecule has 0 N–H and O–H groups in total. The van der Waals surface area contributed by atoms with Crippen LogP contribution < -0.4 is 4.90 Å². The van der Waals surface area contributed by atoms with Crippen LogP contribution in [0.4, 0.5) is 17.1 Å². The van der Waals surface area contributed by atoms with Crippen molar-refractivity contribution < 1.29 is 0 Å². The Morgan fingerprint density at radius 3 is 1.57 bits per heavy atom. The van der Waals surface area contributed by atoms with Crippen molar-refractivity contribution in [3.05, 3.63) is 237 Å². The Balaban J connectivity index is 1.02. The molecule has 1 aromatic heterocycles. The van der Waals surface area contributed by atoms with Crippen molar-refractivity contribution in [3.8, 4) is 55.6 Å². The van der Waals surface area contributed by atoms with E-state index in [4.69, 9.17) is 0 Å². The van der Waals surface area contributed by atoms with Crippen LogP contribution in [0.3, 0.4) is 0 Å². The van der Waals surface area contributed by atoms with Gasteiger partial charge in [0.2, 0.25) is 0 Å². The lowest BCUT2D eigenvalue weighted by atomic mass is 9.91. The molecule has 2 heteroatoms. The number of benzene rings is 10. The summed E-state index contributed by atoms with van der Waals surface area (Å²) in [6, 6.07) is 86.1.